The second kappa shape index (κ2) is 4.84. The van der Waals surface area contributed by atoms with Gasteiger partial charge in [0, 0.05) is 19.0 Å². The lowest BCUT2D eigenvalue weighted by molar-refractivity contribution is -0.135. The molecule has 1 saturated heterocycles. The van der Waals surface area contributed by atoms with E-state index in [2.05, 4.69) is 11.8 Å². The lowest BCUT2D eigenvalue weighted by atomic mass is 9.87. The molecule has 0 bridgehead atoms. The summed E-state index contributed by atoms with van der Waals surface area (Å²) in [6.07, 6.45) is 6.41. The number of nitrogens with zero attached hydrogens (tertiary/aromatic N) is 1. The van der Waals surface area contributed by atoms with E-state index in [1.54, 1.807) is 0 Å². The van der Waals surface area contributed by atoms with Gasteiger partial charge in [-0.15, -0.1) is 0 Å². The van der Waals surface area contributed by atoms with Crippen LogP contribution in [-0.4, -0.2) is 30.4 Å². The van der Waals surface area contributed by atoms with Crippen molar-refractivity contribution < 1.29 is 4.79 Å². The molecule has 3 fully saturated rings. The van der Waals surface area contributed by atoms with Gasteiger partial charge in [-0.2, -0.15) is 0 Å². The highest BCUT2D eigenvalue weighted by molar-refractivity contribution is 5.82. The number of amides is 1. The summed E-state index contributed by atoms with van der Waals surface area (Å²) in [6.45, 7) is 4.87. The summed E-state index contributed by atoms with van der Waals surface area (Å²) in [6, 6.07) is 0. The first-order valence-electron chi connectivity index (χ1n) is 7.71. The van der Waals surface area contributed by atoms with Gasteiger partial charge in [0.1, 0.15) is 0 Å². The van der Waals surface area contributed by atoms with E-state index in [1.165, 1.54) is 25.7 Å². The Hall–Kier alpha value is -0.570. The van der Waals surface area contributed by atoms with Gasteiger partial charge in [0.25, 0.3) is 0 Å². The number of nitrogens with two attached hydrogens (primary N) is 1. The molecule has 18 heavy (non-hydrogen) atoms. The van der Waals surface area contributed by atoms with E-state index >= 15 is 0 Å². The van der Waals surface area contributed by atoms with Crippen molar-refractivity contribution in [1.82, 2.24) is 4.90 Å². The molecule has 1 amide bonds. The van der Waals surface area contributed by atoms with Crippen LogP contribution in [-0.2, 0) is 4.79 Å². The first-order chi connectivity index (χ1) is 8.72. The van der Waals surface area contributed by atoms with E-state index in [4.69, 9.17) is 5.73 Å². The molecule has 4 atom stereocenters. The summed E-state index contributed by atoms with van der Waals surface area (Å²) in [4.78, 5) is 14.7. The first kappa shape index (κ1) is 12.5. The van der Waals surface area contributed by atoms with Crippen molar-refractivity contribution >= 4 is 5.91 Å². The lowest BCUT2D eigenvalue weighted by Gasteiger charge is -2.36. The van der Waals surface area contributed by atoms with Gasteiger partial charge in [-0.1, -0.05) is 19.8 Å². The molecule has 2 saturated carbocycles. The Morgan fingerprint density at radius 2 is 1.89 bits per heavy atom. The maximum Gasteiger partial charge on any atom is 0.226 e. The van der Waals surface area contributed by atoms with Crippen LogP contribution in [0.1, 0.15) is 39.0 Å². The van der Waals surface area contributed by atoms with Crippen LogP contribution >= 0.6 is 0 Å². The Labute approximate surface area is 110 Å². The molecule has 0 aromatic heterocycles. The predicted octanol–water partition coefficient (Wildman–Crippen LogP) is 1.87. The highest BCUT2D eigenvalue weighted by Gasteiger charge is 2.56. The summed E-state index contributed by atoms with van der Waals surface area (Å²) < 4.78 is 0. The van der Waals surface area contributed by atoms with Crippen LogP contribution < -0.4 is 5.73 Å². The van der Waals surface area contributed by atoms with Gasteiger partial charge in [0.15, 0.2) is 0 Å². The Morgan fingerprint density at radius 1 is 1.22 bits per heavy atom. The van der Waals surface area contributed by atoms with Gasteiger partial charge < -0.3 is 10.6 Å². The smallest absolute Gasteiger partial charge is 0.226 e. The van der Waals surface area contributed by atoms with Crippen molar-refractivity contribution in [3.63, 3.8) is 0 Å². The Balaban J connectivity index is 1.60. The molecular weight excluding hydrogens is 224 g/mol. The van der Waals surface area contributed by atoms with Crippen LogP contribution in [0.25, 0.3) is 0 Å². The molecule has 0 aromatic rings. The third-order valence-corrected chi connectivity index (χ3v) is 5.67. The molecule has 4 unspecified atom stereocenters. The summed E-state index contributed by atoms with van der Waals surface area (Å²) in [5.74, 6) is 3.52. The molecule has 3 heteroatoms. The molecule has 1 heterocycles. The van der Waals surface area contributed by atoms with Crippen LogP contribution in [0.2, 0.25) is 0 Å². The molecular formula is C15H26N2O. The highest BCUT2D eigenvalue weighted by atomic mass is 16.2. The standard InChI is InChI=1S/C15H26N2O/c1-10-6-7-17(9-11(10)8-16)15(18)14-12-4-2-3-5-13(12)14/h10-14H,2-9,16H2,1H3. The summed E-state index contributed by atoms with van der Waals surface area (Å²) in [5.41, 5.74) is 5.83. The molecule has 3 aliphatic rings. The SMILES string of the molecule is CC1CCN(C(=O)C2C3CCCCC32)CC1CN. The molecule has 3 nitrogen and oxygen atoms in total. The zero-order chi connectivity index (χ0) is 12.7. The minimum Gasteiger partial charge on any atom is -0.342 e. The number of hydrogen-bond acceptors (Lipinski definition) is 2. The average Bonchev–Trinajstić information content (AvgIpc) is 3.12. The minimum absolute atomic E-state index is 0.388. The van der Waals surface area contributed by atoms with E-state index in [9.17, 15) is 4.79 Å². The molecule has 3 rings (SSSR count). The predicted molar refractivity (Wildman–Crippen MR) is 71.8 cm³/mol. The molecule has 102 valence electrons. The van der Waals surface area contributed by atoms with Gasteiger partial charge >= 0.3 is 0 Å². The molecule has 1 aliphatic heterocycles. The van der Waals surface area contributed by atoms with Crippen molar-refractivity contribution in [1.29, 1.82) is 0 Å². The number of carbonyl (C=O) groups is 1. The van der Waals surface area contributed by atoms with E-state index < -0.39 is 0 Å². The topological polar surface area (TPSA) is 46.3 Å². The quantitative estimate of drug-likeness (QED) is 0.813. The van der Waals surface area contributed by atoms with E-state index in [0.717, 1.165) is 37.9 Å². The lowest BCUT2D eigenvalue weighted by Crippen LogP contribution is -2.46. The summed E-state index contributed by atoms with van der Waals surface area (Å²) in [5, 5.41) is 0. The molecule has 0 radical (unpaired) electrons. The average molecular weight is 250 g/mol. The number of likely N-dealkylation sites (tertiary alicyclic amines) is 1. The zero-order valence-electron chi connectivity index (χ0n) is 11.5. The minimum atomic E-state index is 0.388. The van der Waals surface area contributed by atoms with Crippen LogP contribution in [0.15, 0.2) is 0 Å². The van der Waals surface area contributed by atoms with Gasteiger partial charge in [-0.3, -0.25) is 4.79 Å². The van der Waals surface area contributed by atoms with Gasteiger partial charge in [-0.05, 0) is 49.5 Å². The second-order valence-electron chi connectivity index (χ2n) is 6.68. The second-order valence-corrected chi connectivity index (χ2v) is 6.68. The third kappa shape index (κ3) is 2.07. The Morgan fingerprint density at radius 3 is 2.50 bits per heavy atom. The fourth-order valence-electron chi connectivity index (χ4n) is 4.23. The van der Waals surface area contributed by atoms with E-state index in [1.807, 2.05) is 0 Å². The van der Waals surface area contributed by atoms with Crippen molar-refractivity contribution in [2.24, 2.45) is 35.3 Å². The molecule has 0 aromatic carbocycles. The maximum absolute atomic E-state index is 12.6. The van der Waals surface area contributed by atoms with Crippen LogP contribution in [0.4, 0.5) is 0 Å². The third-order valence-electron chi connectivity index (χ3n) is 5.67. The monoisotopic (exact) mass is 250 g/mol. The van der Waals surface area contributed by atoms with Crippen molar-refractivity contribution in [2.45, 2.75) is 39.0 Å². The largest absolute Gasteiger partial charge is 0.342 e. The van der Waals surface area contributed by atoms with Crippen LogP contribution in [0.3, 0.4) is 0 Å². The number of carbonyl (C=O) groups excluding carboxylic acids is 1. The Bertz CT molecular complexity index is 318. The van der Waals surface area contributed by atoms with Crippen LogP contribution in [0.5, 0.6) is 0 Å². The number of piperidine rings is 1. The zero-order valence-corrected chi connectivity index (χ0v) is 11.5. The highest BCUT2D eigenvalue weighted by Crippen LogP contribution is 2.56. The van der Waals surface area contributed by atoms with E-state index in [0.29, 0.717) is 23.7 Å². The van der Waals surface area contributed by atoms with Crippen molar-refractivity contribution in [3.8, 4) is 0 Å². The van der Waals surface area contributed by atoms with E-state index in [-0.39, 0.29) is 0 Å². The normalized spacial score (nSPS) is 43.4. The molecule has 2 aliphatic carbocycles. The molecule has 0 spiro atoms. The van der Waals surface area contributed by atoms with Gasteiger partial charge in [0.2, 0.25) is 5.91 Å². The fourth-order valence-corrected chi connectivity index (χ4v) is 4.23. The Kier molecular flexibility index (Phi) is 3.35. The summed E-state index contributed by atoms with van der Waals surface area (Å²) in [7, 11) is 0. The van der Waals surface area contributed by atoms with Gasteiger partial charge in [-0.25, -0.2) is 0 Å². The number of rotatable bonds is 2. The van der Waals surface area contributed by atoms with Crippen LogP contribution in [0, 0.1) is 29.6 Å². The first-order valence-corrected chi connectivity index (χ1v) is 7.71. The molecule has 2 N–H and O–H groups in total. The summed E-state index contributed by atoms with van der Waals surface area (Å²) >= 11 is 0. The van der Waals surface area contributed by atoms with Crippen molar-refractivity contribution in [2.75, 3.05) is 19.6 Å². The van der Waals surface area contributed by atoms with Gasteiger partial charge in [0.05, 0.1) is 0 Å². The van der Waals surface area contributed by atoms with Crippen molar-refractivity contribution in [3.05, 3.63) is 0 Å². The number of fused-ring (bicyclic) bond motifs is 1. The fraction of sp³-hybridized carbons (Fsp3) is 0.933. The maximum atomic E-state index is 12.6. The number of hydrogen-bond donors (Lipinski definition) is 1.